The summed E-state index contributed by atoms with van der Waals surface area (Å²) in [6, 6.07) is 41.7. The molecule has 4 nitrogen and oxygen atoms in total. The Bertz CT molecular complexity index is 2390. The fourth-order valence-electron chi connectivity index (χ4n) is 11.9. The molecular formula is C49H42N4. The van der Waals surface area contributed by atoms with Crippen molar-refractivity contribution in [2.75, 3.05) is 0 Å². The Kier molecular flexibility index (Phi) is 6.94. The summed E-state index contributed by atoms with van der Waals surface area (Å²) in [5.74, 6) is 4.80. The maximum atomic E-state index is 7.45. The van der Waals surface area contributed by atoms with Gasteiger partial charge in [0.1, 0.15) is 0 Å². The average molecular weight is 687 g/mol. The molecule has 53 heavy (non-hydrogen) atoms. The van der Waals surface area contributed by atoms with Crippen LogP contribution in [0, 0.1) is 24.3 Å². The molecule has 1 spiro atoms. The van der Waals surface area contributed by atoms with E-state index in [1.165, 1.54) is 97.6 Å². The van der Waals surface area contributed by atoms with Crippen molar-refractivity contribution in [2.45, 2.75) is 75.0 Å². The summed E-state index contributed by atoms with van der Waals surface area (Å²) in [4.78, 5) is 18.9. The van der Waals surface area contributed by atoms with Crippen LogP contribution in [-0.4, -0.2) is 15.0 Å². The molecule has 1 aromatic heterocycles. The minimum atomic E-state index is 0.0689. The van der Waals surface area contributed by atoms with Gasteiger partial charge < -0.3 is 0 Å². The van der Waals surface area contributed by atoms with E-state index in [1.54, 1.807) is 5.56 Å². The Labute approximate surface area is 312 Å². The van der Waals surface area contributed by atoms with Gasteiger partial charge in [0.15, 0.2) is 23.2 Å². The first kappa shape index (κ1) is 31.2. The molecule has 0 amide bonds. The number of hydrogen-bond acceptors (Lipinski definition) is 3. The van der Waals surface area contributed by atoms with Crippen molar-refractivity contribution in [3.05, 3.63) is 143 Å². The second kappa shape index (κ2) is 11.8. The van der Waals surface area contributed by atoms with Gasteiger partial charge in [0.2, 0.25) is 0 Å². The summed E-state index contributed by atoms with van der Waals surface area (Å²) in [5.41, 5.74) is 13.6. The van der Waals surface area contributed by atoms with Crippen LogP contribution in [0.4, 0.5) is 5.69 Å². The van der Waals surface area contributed by atoms with Gasteiger partial charge in [-0.25, -0.2) is 19.8 Å². The van der Waals surface area contributed by atoms with Gasteiger partial charge in [-0.3, -0.25) is 0 Å². The Hall–Kier alpha value is -5.40. The van der Waals surface area contributed by atoms with Crippen LogP contribution in [0.15, 0.2) is 115 Å². The molecule has 6 aromatic rings. The molecule has 0 atom stereocenters. The zero-order valence-corrected chi connectivity index (χ0v) is 30.1. The number of fused-ring (bicyclic) bond motifs is 5. The number of hydrogen-bond donors (Lipinski definition) is 0. The highest BCUT2D eigenvalue weighted by Gasteiger charge is 2.51. The van der Waals surface area contributed by atoms with E-state index in [2.05, 4.69) is 95.8 Å². The lowest BCUT2D eigenvalue weighted by atomic mass is 9.48. The highest BCUT2D eigenvalue weighted by atomic mass is 15.0. The maximum absolute atomic E-state index is 7.45. The molecule has 12 rings (SSSR count). The SMILES string of the molecule is [C-]#[N+]c1ccc(-c2nc(-c3ccc(-c4ccc(C56CC7CC(CC(C7)C5)C6)cc4)cc3)nc(-c3ccc4c(c3)C3(CCCC3)c3ccccc3-4)n2)cc1. The van der Waals surface area contributed by atoms with E-state index < -0.39 is 0 Å². The summed E-state index contributed by atoms with van der Waals surface area (Å²) in [6.07, 6.45) is 13.5. The van der Waals surface area contributed by atoms with E-state index in [0.29, 0.717) is 28.6 Å². The molecule has 0 N–H and O–H groups in total. The van der Waals surface area contributed by atoms with E-state index in [-0.39, 0.29) is 5.41 Å². The van der Waals surface area contributed by atoms with Crippen LogP contribution in [0.2, 0.25) is 0 Å². The second-order valence-electron chi connectivity index (χ2n) is 16.9. The third kappa shape index (κ3) is 4.97. The highest BCUT2D eigenvalue weighted by molar-refractivity contribution is 5.84. The Morgan fingerprint density at radius 3 is 1.60 bits per heavy atom. The van der Waals surface area contributed by atoms with Gasteiger partial charge in [0.25, 0.3) is 0 Å². The molecule has 0 saturated heterocycles. The van der Waals surface area contributed by atoms with Crippen LogP contribution in [-0.2, 0) is 10.8 Å². The molecule has 5 fully saturated rings. The van der Waals surface area contributed by atoms with Gasteiger partial charge in [-0.15, -0.1) is 0 Å². The largest absolute Gasteiger partial charge is 0.238 e. The van der Waals surface area contributed by atoms with E-state index in [4.69, 9.17) is 21.5 Å². The maximum Gasteiger partial charge on any atom is 0.187 e. The van der Waals surface area contributed by atoms with Crippen molar-refractivity contribution in [1.29, 1.82) is 0 Å². The van der Waals surface area contributed by atoms with Crippen molar-refractivity contribution in [3.63, 3.8) is 0 Å². The molecule has 4 heteroatoms. The lowest BCUT2D eigenvalue weighted by Gasteiger charge is -2.57. The van der Waals surface area contributed by atoms with Crippen LogP contribution in [0.25, 0.3) is 61.3 Å². The summed E-state index contributed by atoms with van der Waals surface area (Å²) >= 11 is 0. The van der Waals surface area contributed by atoms with Gasteiger partial charge in [0, 0.05) is 22.1 Å². The number of benzene rings is 5. The Morgan fingerprint density at radius 2 is 1.00 bits per heavy atom. The highest BCUT2D eigenvalue weighted by Crippen LogP contribution is 2.61. The van der Waals surface area contributed by atoms with Crippen molar-refractivity contribution in [2.24, 2.45) is 17.8 Å². The molecule has 0 unspecified atom stereocenters. The van der Waals surface area contributed by atoms with Gasteiger partial charge in [-0.2, -0.15) is 0 Å². The monoisotopic (exact) mass is 686 g/mol. The van der Waals surface area contributed by atoms with Gasteiger partial charge in [-0.05, 0) is 120 Å². The van der Waals surface area contributed by atoms with Crippen molar-refractivity contribution in [1.82, 2.24) is 15.0 Å². The third-order valence-corrected chi connectivity index (χ3v) is 13.9. The van der Waals surface area contributed by atoms with Crippen LogP contribution in [0.5, 0.6) is 0 Å². The molecule has 0 aliphatic heterocycles. The Balaban J connectivity index is 0.951. The summed E-state index contributed by atoms with van der Waals surface area (Å²) in [5, 5.41) is 0. The van der Waals surface area contributed by atoms with Crippen LogP contribution in [0.3, 0.4) is 0 Å². The summed E-state index contributed by atoms with van der Waals surface area (Å²) in [7, 11) is 0. The standard InChI is InChI=1S/C49H42N4/c1-50-40-19-14-37(15-20-40)46-51-45(52-47(53-46)38-16-21-42-41-6-2-3-7-43(41)49(44(42)27-38)22-4-5-23-49)36-10-8-34(9-11-36)35-12-17-39(18-13-35)48-28-31-24-32(29-48)26-33(25-31)30-48/h2-3,6-21,27,31-33H,4-5,22-26,28-30H2. The number of nitrogens with zero attached hydrogens (tertiary/aromatic N) is 4. The van der Waals surface area contributed by atoms with Gasteiger partial charge in [-0.1, -0.05) is 122 Å². The molecule has 6 aliphatic carbocycles. The molecule has 5 saturated carbocycles. The predicted molar refractivity (Wildman–Crippen MR) is 212 cm³/mol. The zero-order valence-electron chi connectivity index (χ0n) is 30.1. The molecule has 1 heterocycles. The van der Waals surface area contributed by atoms with E-state index in [0.717, 1.165) is 34.4 Å². The van der Waals surface area contributed by atoms with Gasteiger partial charge in [0.05, 0.1) is 6.57 Å². The average Bonchev–Trinajstić information content (AvgIpc) is 3.81. The summed E-state index contributed by atoms with van der Waals surface area (Å²) < 4.78 is 0. The zero-order chi connectivity index (χ0) is 35.1. The minimum Gasteiger partial charge on any atom is -0.238 e. The molecule has 258 valence electrons. The predicted octanol–water partition coefficient (Wildman–Crippen LogP) is 12.4. The fourth-order valence-corrected chi connectivity index (χ4v) is 11.9. The first-order valence-electron chi connectivity index (χ1n) is 19.8. The first-order chi connectivity index (χ1) is 26.1. The fraction of sp³-hybridized carbons (Fsp3) is 0.306. The molecular weight excluding hydrogens is 645 g/mol. The second-order valence-corrected chi connectivity index (χ2v) is 16.9. The van der Waals surface area contributed by atoms with E-state index in [9.17, 15) is 0 Å². The lowest BCUT2D eigenvalue weighted by molar-refractivity contribution is -0.00518. The Morgan fingerprint density at radius 1 is 0.509 bits per heavy atom. The smallest absolute Gasteiger partial charge is 0.187 e. The molecule has 6 aliphatic rings. The van der Waals surface area contributed by atoms with Crippen LogP contribution in [0.1, 0.15) is 80.9 Å². The van der Waals surface area contributed by atoms with E-state index >= 15 is 0 Å². The number of rotatable bonds is 5. The van der Waals surface area contributed by atoms with Gasteiger partial charge >= 0.3 is 0 Å². The number of aromatic nitrogens is 3. The first-order valence-corrected chi connectivity index (χ1v) is 19.8. The third-order valence-electron chi connectivity index (χ3n) is 13.9. The quantitative estimate of drug-likeness (QED) is 0.170. The molecule has 5 aromatic carbocycles. The molecule has 4 bridgehead atoms. The normalized spacial score (nSPS) is 24.2. The van der Waals surface area contributed by atoms with Crippen molar-refractivity contribution >= 4 is 5.69 Å². The van der Waals surface area contributed by atoms with Crippen molar-refractivity contribution < 1.29 is 0 Å². The van der Waals surface area contributed by atoms with Crippen molar-refractivity contribution in [3.8, 4) is 56.4 Å². The summed E-state index contributed by atoms with van der Waals surface area (Å²) in [6.45, 7) is 7.45. The lowest BCUT2D eigenvalue weighted by Crippen LogP contribution is -2.48. The topological polar surface area (TPSA) is 43.0 Å². The van der Waals surface area contributed by atoms with Crippen LogP contribution >= 0.6 is 0 Å². The van der Waals surface area contributed by atoms with E-state index in [1.807, 2.05) is 24.3 Å². The molecule has 0 radical (unpaired) electrons. The minimum absolute atomic E-state index is 0.0689. The van der Waals surface area contributed by atoms with Crippen LogP contribution < -0.4 is 0 Å².